The standard InChI is InChI=1S/C17H18N4O3S2/c1-13-8-9-14(2)16(12-13)21-17(18-19-20-21)25-10-11-26(22,23)24-15-6-4-3-5-7-15/h3-9,12H,10-11H2,1-2H3. The molecule has 2 aromatic carbocycles. The molecule has 0 atom stereocenters. The Hall–Kier alpha value is -2.39. The van der Waals surface area contributed by atoms with Crippen LogP contribution >= 0.6 is 11.8 Å². The summed E-state index contributed by atoms with van der Waals surface area (Å²) in [7, 11) is -3.68. The molecule has 3 rings (SSSR count). The van der Waals surface area contributed by atoms with E-state index in [1.807, 2.05) is 32.0 Å². The van der Waals surface area contributed by atoms with Crippen molar-refractivity contribution in [3.05, 3.63) is 59.7 Å². The Morgan fingerprint density at radius 2 is 1.88 bits per heavy atom. The minimum absolute atomic E-state index is 0.147. The molecular weight excluding hydrogens is 372 g/mol. The van der Waals surface area contributed by atoms with Gasteiger partial charge in [0.25, 0.3) is 0 Å². The lowest BCUT2D eigenvalue weighted by molar-refractivity contribution is 0.488. The van der Waals surface area contributed by atoms with E-state index in [9.17, 15) is 8.42 Å². The van der Waals surface area contributed by atoms with Crippen LogP contribution in [-0.2, 0) is 10.1 Å². The van der Waals surface area contributed by atoms with Crippen LogP contribution in [0, 0.1) is 13.8 Å². The Bertz CT molecular complexity index is 988. The van der Waals surface area contributed by atoms with Crippen LogP contribution in [0.25, 0.3) is 5.69 Å². The lowest BCUT2D eigenvalue weighted by Crippen LogP contribution is -2.15. The van der Waals surface area contributed by atoms with Crippen LogP contribution in [0.1, 0.15) is 11.1 Å². The van der Waals surface area contributed by atoms with Crippen LogP contribution in [0.4, 0.5) is 0 Å². The molecule has 3 aromatic rings. The van der Waals surface area contributed by atoms with Crippen molar-refractivity contribution in [2.24, 2.45) is 0 Å². The van der Waals surface area contributed by atoms with Crippen LogP contribution in [0.2, 0.25) is 0 Å². The van der Waals surface area contributed by atoms with Gasteiger partial charge < -0.3 is 4.18 Å². The summed E-state index contributed by atoms with van der Waals surface area (Å²) in [6.07, 6.45) is 0. The van der Waals surface area contributed by atoms with Crippen LogP contribution in [-0.4, -0.2) is 40.1 Å². The van der Waals surface area contributed by atoms with Crippen molar-refractivity contribution in [1.82, 2.24) is 20.2 Å². The average molecular weight is 390 g/mol. The number of aromatic nitrogens is 4. The molecule has 0 N–H and O–H groups in total. The van der Waals surface area contributed by atoms with Gasteiger partial charge in [-0.25, -0.2) is 0 Å². The van der Waals surface area contributed by atoms with Gasteiger partial charge in [0.05, 0.1) is 11.4 Å². The van der Waals surface area contributed by atoms with Gasteiger partial charge in [-0.15, -0.1) is 5.10 Å². The summed E-state index contributed by atoms with van der Waals surface area (Å²) in [5.74, 6) is 0.435. The summed E-state index contributed by atoms with van der Waals surface area (Å²) in [5, 5.41) is 12.3. The predicted octanol–water partition coefficient (Wildman–Crippen LogP) is 2.78. The summed E-state index contributed by atoms with van der Waals surface area (Å²) >= 11 is 1.27. The molecule has 0 radical (unpaired) electrons. The predicted molar refractivity (Wildman–Crippen MR) is 100 cm³/mol. The van der Waals surface area contributed by atoms with Gasteiger partial charge in [0, 0.05) is 5.75 Å². The molecule has 0 saturated carbocycles. The zero-order chi connectivity index (χ0) is 18.6. The van der Waals surface area contributed by atoms with Crippen molar-refractivity contribution in [1.29, 1.82) is 0 Å². The number of para-hydroxylation sites is 1. The fourth-order valence-electron chi connectivity index (χ4n) is 2.27. The highest BCUT2D eigenvalue weighted by Gasteiger charge is 2.16. The highest BCUT2D eigenvalue weighted by molar-refractivity contribution is 8.00. The van der Waals surface area contributed by atoms with Crippen molar-refractivity contribution in [2.45, 2.75) is 19.0 Å². The Balaban J connectivity index is 1.66. The molecule has 1 heterocycles. The van der Waals surface area contributed by atoms with E-state index in [1.165, 1.54) is 11.8 Å². The molecule has 136 valence electrons. The molecule has 0 amide bonds. The number of aryl methyl sites for hydroxylation is 2. The number of benzene rings is 2. The van der Waals surface area contributed by atoms with E-state index in [2.05, 4.69) is 15.5 Å². The number of hydrogen-bond donors (Lipinski definition) is 0. The van der Waals surface area contributed by atoms with Gasteiger partial charge in [-0.05, 0) is 53.6 Å². The van der Waals surface area contributed by atoms with E-state index >= 15 is 0 Å². The molecule has 0 aliphatic rings. The smallest absolute Gasteiger partial charge is 0.310 e. The zero-order valence-electron chi connectivity index (χ0n) is 14.4. The second-order valence-corrected chi connectivity index (χ2v) is 8.42. The molecule has 26 heavy (non-hydrogen) atoms. The van der Waals surface area contributed by atoms with Gasteiger partial charge in [0.1, 0.15) is 5.75 Å². The first-order valence-electron chi connectivity index (χ1n) is 7.91. The molecule has 7 nitrogen and oxygen atoms in total. The van der Waals surface area contributed by atoms with Crippen molar-refractivity contribution in [3.8, 4) is 11.4 Å². The molecule has 0 bridgehead atoms. The quantitative estimate of drug-likeness (QED) is 0.453. The van der Waals surface area contributed by atoms with Crippen LogP contribution < -0.4 is 4.18 Å². The monoisotopic (exact) mass is 390 g/mol. The van der Waals surface area contributed by atoms with Gasteiger partial charge in [0.2, 0.25) is 5.16 Å². The van der Waals surface area contributed by atoms with Gasteiger partial charge in [-0.3, -0.25) is 0 Å². The molecule has 1 aromatic heterocycles. The number of hydrogen-bond acceptors (Lipinski definition) is 7. The lowest BCUT2D eigenvalue weighted by atomic mass is 10.1. The van der Waals surface area contributed by atoms with E-state index in [0.29, 0.717) is 10.9 Å². The Morgan fingerprint density at radius 3 is 2.65 bits per heavy atom. The minimum atomic E-state index is -3.68. The molecular formula is C17H18N4O3S2. The maximum atomic E-state index is 12.1. The molecule has 0 unspecified atom stereocenters. The third-order valence-corrected chi connectivity index (χ3v) is 5.89. The van der Waals surface area contributed by atoms with Crippen molar-refractivity contribution in [2.75, 3.05) is 11.5 Å². The number of tetrazole rings is 1. The van der Waals surface area contributed by atoms with E-state index in [-0.39, 0.29) is 11.5 Å². The molecule has 0 aliphatic heterocycles. The topological polar surface area (TPSA) is 87.0 Å². The number of nitrogens with zero attached hydrogens (tertiary/aromatic N) is 4. The Morgan fingerprint density at radius 1 is 1.12 bits per heavy atom. The molecule has 0 spiro atoms. The van der Waals surface area contributed by atoms with E-state index in [0.717, 1.165) is 16.8 Å². The molecule has 0 fully saturated rings. The lowest BCUT2D eigenvalue weighted by Gasteiger charge is -2.09. The maximum Gasteiger partial charge on any atom is 0.310 e. The fraction of sp³-hybridized carbons (Fsp3) is 0.235. The Labute approximate surface area is 156 Å². The SMILES string of the molecule is Cc1ccc(C)c(-n2nnnc2SCCS(=O)(=O)Oc2ccccc2)c1. The summed E-state index contributed by atoms with van der Waals surface area (Å²) < 4.78 is 30.9. The van der Waals surface area contributed by atoms with E-state index < -0.39 is 10.1 Å². The summed E-state index contributed by atoms with van der Waals surface area (Å²) in [6.45, 7) is 3.97. The zero-order valence-corrected chi connectivity index (χ0v) is 16.0. The van der Waals surface area contributed by atoms with Gasteiger partial charge in [-0.2, -0.15) is 13.1 Å². The van der Waals surface area contributed by atoms with Gasteiger partial charge in [-0.1, -0.05) is 42.1 Å². The van der Waals surface area contributed by atoms with E-state index in [1.54, 1.807) is 35.0 Å². The van der Waals surface area contributed by atoms with Crippen molar-refractivity contribution in [3.63, 3.8) is 0 Å². The van der Waals surface area contributed by atoms with Crippen LogP contribution in [0.5, 0.6) is 5.75 Å². The van der Waals surface area contributed by atoms with Crippen molar-refractivity contribution < 1.29 is 12.6 Å². The highest BCUT2D eigenvalue weighted by atomic mass is 32.2. The highest BCUT2D eigenvalue weighted by Crippen LogP contribution is 2.22. The summed E-state index contributed by atoms with van der Waals surface area (Å²) in [5.41, 5.74) is 3.00. The second kappa shape index (κ2) is 7.88. The van der Waals surface area contributed by atoms with Gasteiger partial charge >= 0.3 is 10.1 Å². The molecule has 0 saturated heterocycles. The van der Waals surface area contributed by atoms with E-state index in [4.69, 9.17) is 4.18 Å². The first kappa shape index (κ1) is 18.4. The third-order valence-electron chi connectivity index (χ3n) is 3.56. The first-order chi connectivity index (χ1) is 12.4. The third kappa shape index (κ3) is 4.61. The molecule has 9 heteroatoms. The van der Waals surface area contributed by atoms with Gasteiger partial charge in [0.15, 0.2) is 0 Å². The molecule has 0 aliphatic carbocycles. The summed E-state index contributed by atoms with van der Waals surface area (Å²) in [4.78, 5) is 0. The largest absolute Gasteiger partial charge is 0.382 e. The Kier molecular flexibility index (Phi) is 5.58. The number of thioether (sulfide) groups is 1. The minimum Gasteiger partial charge on any atom is -0.382 e. The fourth-order valence-corrected chi connectivity index (χ4v) is 4.44. The average Bonchev–Trinajstić information content (AvgIpc) is 3.05. The first-order valence-corrected chi connectivity index (χ1v) is 10.5. The van der Waals surface area contributed by atoms with Crippen LogP contribution in [0.3, 0.4) is 0 Å². The maximum absolute atomic E-state index is 12.1. The normalized spacial score (nSPS) is 11.5. The van der Waals surface area contributed by atoms with Crippen molar-refractivity contribution >= 4 is 21.9 Å². The van der Waals surface area contributed by atoms with Crippen LogP contribution in [0.15, 0.2) is 53.7 Å². The summed E-state index contributed by atoms with van der Waals surface area (Å²) in [6, 6.07) is 14.4. The second-order valence-electron chi connectivity index (χ2n) is 5.67. The number of rotatable bonds is 7.